The Morgan fingerprint density at radius 3 is 2.19 bits per heavy atom. The summed E-state index contributed by atoms with van der Waals surface area (Å²) in [4.78, 5) is 27.7. The molecule has 0 aromatic heterocycles. The van der Waals surface area contributed by atoms with Crippen molar-refractivity contribution >= 4 is 28.8 Å². The minimum atomic E-state index is -0.548. The normalized spacial score (nSPS) is 13.3. The fraction of sp³-hybridized carbons (Fsp3) is 0.0800. The van der Waals surface area contributed by atoms with Gasteiger partial charge < -0.3 is 10.1 Å². The SMILES string of the molecule is CCOc1ccc(NC2=C(c3ccc(F)cc3)C(=O)N(c3ccc(C#N)cc3)C2=O)cc1. The van der Waals surface area contributed by atoms with Crippen molar-refractivity contribution in [1.29, 1.82) is 5.26 Å². The molecule has 7 heteroatoms. The molecule has 0 aliphatic carbocycles. The Labute approximate surface area is 184 Å². The number of ether oxygens (including phenoxy) is 1. The molecule has 0 fully saturated rings. The van der Waals surface area contributed by atoms with E-state index in [-0.39, 0.29) is 11.3 Å². The lowest BCUT2D eigenvalue weighted by Crippen LogP contribution is -2.32. The van der Waals surface area contributed by atoms with E-state index in [0.717, 1.165) is 4.90 Å². The zero-order valence-electron chi connectivity index (χ0n) is 17.1. The second-order valence-electron chi connectivity index (χ2n) is 6.94. The van der Waals surface area contributed by atoms with E-state index >= 15 is 0 Å². The predicted octanol–water partition coefficient (Wildman–Crippen LogP) is 4.49. The number of anilines is 2. The van der Waals surface area contributed by atoms with Crippen LogP contribution in [0, 0.1) is 17.1 Å². The molecular formula is C25H18FN3O3. The number of halogens is 1. The van der Waals surface area contributed by atoms with Crippen molar-refractivity contribution in [2.24, 2.45) is 0 Å². The Morgan fingerprint density at radius 2 is 1.59 bits per heavy atom. The molecule has 0 radical (unpaired) electrons. The molecule has 32 heavy (non-hydrogen) atoms. The van der Waals surface area contributed by atoms with Crippen molar-refractivity contribution < 1.29 is 18.7 Å². The first-order valence-electron chi connectivity index (χ1n) is 9.91. The standard InChI is InChI=1S/C25H18FN3O3/c1-2-32-21-13-9-19(10-14-21)28-23-22(17-5-7-18(26)8-6-17)24(30)29(25(23)31)20-11-3-16(15-27)4-12-20/h3-14,28H,2H2,1H3. The molecule has 0 saturated heterocycles. The molecule has 3 aromatic carbocycles. The van der Waals surface area contributed by atoms with Gasteiger partial charge in [0, 0.05) is 5.69 Å². The van der Waals surface area contributed by atoms with Gasteiger partial charge in [0.15, 0.2) is 0 Å². The van der Waals surface area contributed by atoms with Gasteiger partial charge in [0.2, 0.25) is 0 Å². The van der Waals surface area contributed by atoms with Gasteiger partial charge >= 0.3 is 0 Å². The van der Waals surface area contributed by atoms with Crippen LogP contribution in [0.2, 0.25) is 0 Å². The highest BCUT2D eigenvalue weighted by Gasteiger charge is 2.40. The summed E-state index contributed by atoms with van der Waals surface area (Å²) in [5, 5.41) is 12.1. The monoisotopic (exact) mass is 427 g/mol. The summed E-state index contributed by atoms with van der Waals surface area (Å²) >= 11 is 0. The fourth-order valence-electron chi connectivity index (χ4n) is 3.40. The van der Waals surface area contributed by atoms with Gasteiger partial charge in [0.05, 0.1) is 29.5 Å². The first-order chi connectivity index (χ1) is 15.5. The maximum atomic E-state index is 13.5. The zero-order chi connectivity index (χ0) is 22.7. The lowest BCUT2D eigenvalue weighted by atomic mass is 10.0. The van der Waals surface area contributed by atoms with Crippen LogP contribution < -0.4 is 15.0 Å². The second-order valence-corrected chi connectivity index (χ2v) is 6.94. The molecule has 2 amide bonds. The second kappa shape index (κ2) is 8.74. The number of nitrogens with zero attached hydrogens (tertiary/aromatic N) is 2. The van der Waals surface area contributed by atoms with Crippen LogP contribution >= 0.6 is 0 Å². The van der Waals surface area contributed by atoms with Gasteiger partial charge in [-0.1, -0.05) is 12.1 Å². The van der Waals surface area contributed by atoms with Gasteiger partial charge in [0.1, 0.15) is 17.3 Å². The van der Waals surface area contributed by atoms with Gasteiger partial charge in [-0.3, -0.25) is 9.59 Å². The smallest absolute Gasteiger partial charge is 0.282 e. The van der Waals surface area contributed by atoms with Gasteiger partial charge in [-0.25, -0.2) is 9.29 Å². The number of rotatable bonds is 6. The van der Waals surface area contributed by atoms with Gasteiger partial charge in [-0.05, 0) is 73.2 Å². The lowest BCUT2D eigenvalue weighted by Gasteiger charge is -2.15. The molecule has 1 N–H and O–H groups in total. The van der Waals surface area contributed by atoms with E-state index in [1.165, 1.54) is 48.5 Å². The molecule has 6 nitrogen and oxygen atoms in total. The molecule has 3 aromatic rings. The number of hydrogen-bond acceptors (Lipinski definition) is 5. The quantitative estimate of drug-likeness (QED) is 0.586. The van der Waals surface area contributed by atoms with E-state index in [1.807, 2.05) is 13.0 Å². The van der Waals surface area contributed by atoms with Crippen LogP contribution in [-0.4, -0.2) is 18.4 Å². The number of hydrogen-bond donors (Lipinski definition) is 1. The average Bonchev–Trinajstić information content (AvgIpc) is 3.05. The Kier molecular flexibility index (Phi) is 5.69. The van der Waals surface area contributed by atoms with Crippen LogP contribution in [0.25, 0.3) is 5.57 Å². The first-order valence-corrected chi connectivity index (χ1v) is 9.91. The zero-order valence-corrected chi connectivity index (χ0v) is 17.1. The predicted molar refractivity (Wildman–Crippen MR) is 118 cm³/mol. The highest BCUT2D eigenvalue weighted by molar-refractivity contribution is 6.46. The van der Waals surface area contributed by atoms with Crippen molar-refractivity contribution in [1.82, 2.24) is 0 Å². The topological polar surface area (TPSA) is 82.4 Å². The van der Waals surface area contributed by atoms with Crippen LogP contribution in [0.4, 0.5) is 15.8 Å². The number of nitriles is 1. The van der Waals surface area contributed by atoms with Gasteiger partial charge in [-0.15, -0.1) is 0 Å². The summed E-state index contributed by atoms with van der Waals surface area (Å²) in [7, 11) is 0. The summed E-state index contributed by atoms with van der Waals surface area (Å²) in [6.45, 7) is 2.41. The summed E-state index contributed by atoms with van der Waals surface area (Å²) in [6.07, 6.45) is 0. The largest absolute Gasteiger partial charge is 0.494 e. The third-order valence-corrected chi connectivity index (χ3v) is 4.91. The maximum Gasteiger partial charge on any atom is 0.282 e. The van der Waals surface area contributed by atoms with E-state index in [1.54, 1.807) is 24.3 Å². The molecule has 1 aliphatic heterocycles. The molecule has 158 valence electrons. The molecule has 4 rings (SSSR count). The number of amides is 2. The number of nitrogens with one attached hydrogen (secondary N) is 1. The van der Waals surface area contributed by atoms with Crippen molar-refractivity contribution in [3.05, 3.63) is 95.4 Å². The number of imide groups is 1. The fourth-order valence-corrected chi connectivity index (χ4v) is 3.40. The molecule has 0 unspecified atom stereocenters. The summed E-state index contributed by atoms with van der Waals surface area (Å²) in [5.74, 6) is -0.859. The van der Waals surface area contributed by atoms with Crippen LogP contribution in [0.15, 0.2) is 78.5 Å². The van der Waals surface area contributed by atoms with E-state index in [0.29, 0.717) is 34.9 Å². The molecule has 0 spiro atoms. The molecular weight excluding hydrogens is 409 g/mol. The molecule has 0 atom stereocenters. The van der Waals surface area contributed by atoms with E-state index in [2.05, 4.69) is 5.32 Å². The van der Waals surface area contributed by atoms with Gasteiger partial charge in [-0.2, -0.15) is 5.26 Å². The van der Waals surface area contributed by atoms with Crippen LogP contribution in [0.5, 0.6) is 5.75 Å². The van der Waals surface area contributed by atoms with Crippen LogP contribution in [0.3, 0.4) is 0 Å². The Morgan fingerprint density at radius 1 is 0.938 bits per heavy atom. The summed E-state index contributed by atoms with van der Waals surface area (Å²) in [5.41, 5.74) is 1.96. The third kappa shape index (κ3) is 3.94. The number of carbonyl (C=O) groups is 2. The van der Waals surface area contributed by atoms with Gasteiger partial charge in [0.25, 0.3) is 11.8 Å². The highest BCUT2D eigenvalue weighted by Crippen LogP contribution is 2.34. The van der Waals surface area contributed by atoms with Crippen molar-refractivity contribution in [2.75, 3.05) is 16.8 Å². The maximum absolute atomic E-state index is 13.5. The molecule has 0 bridgehead atoms. The van der Waals surface area contributed by atoms with Crippen molar-refractivity contribution in [2.45, 2.75) is 6.92 Å². The van der Waals surface area contributed by atoms with Crippen LogP contribution in [-0.2, 0) is 9.59 Å². The number of carbonyl (C=O) groups excluding carboxylic acids is 2. The van der Waals surface area contributed by atoms with Crippen LogP contribution in [0.1, 0.15) is 18.1 Å². The Bertz CT molecular complexity index is 1240. The summed E-state index contributed by atoms with van der Waals surface area (Å²) in [6, 6.07) is 20.5. The first kappa shape index (κ1) is 20.8. The molecule has 1 heterocycles. The average molecular weight is 427 g/mol. The molecule has 0 saturated carbocycles. The third-order valence-electron chi connectivity index (χ3n) is 4.91. The lowest BCUT2D eigenvalue weighted by molar-refractivity contribution is -0.120. The summed E-state index contributed by atoms with van der Waals surface area (Å²) < 4.78 is 18.9. The van der Waals surface area contributed by atoms with Crippen molar-refractivity contribution in [3.63, 3.8) is 0 Å². The minimum absolute atomic E-state index is 0.0788. The number of benzene rings is 3. The van der Waals surface area contributed by atoms with E-state index in [9.17, 15) is 14.0 Å². The Hall–Kier alpha value is -4.44. The van der Waals surface area contributed by atoms with Crippen molar-refractivity contribution in [3.8, 4) is 11.8 Å². The Balaban J connectivity index is 1.75. The van der Waals surface area contributed by atoms with E-state index in [4.69, 9.17) is 10.00 Å². The minimum Gasteiger partial charge on any atom is -0.494 e. The van der Waals surface area contributed by atoms with E-state index < -0.39 is 17.6 Å². The molecule has 1 aliphatic rings. The highest BCUT2D eigenvalue weighted by atomic mass is 19.1.